The fourth-order valence-electron chi connectivity index (χ4n) is 2.48. The molecule has 0 radical (unpaired) electrons. The van der Waals surface area contributed by atoms with Gasteiger partial charge in [0.1, 0.15) is 17.9 Å². The molecule has 0 aliphatic carbocycles. The van der Waals surface area contributed by atoms with Gasteiger partial charge in [-0.25, -0.2) is 13.2 Å². The molecular weight excluding hydrogens is 342 g/mol. The number of nitrogens with zero attached hydrogens (tertiary/aromatic N) is 1. The minimum absolute atomic E-state index is 0.0593. The van der Waals surface area contributed by atoms with E-state index in [4.69, 9.17) is 9.47 Å². The van der Waals surface area contributed by atoms with E-state index in [1.54, 1.807) is 20.8 Å². The summed E-state index contributed by atoms with van der Waals surface area (Å²) in [5, 5.41) is 8.13. The number of sulfone groups is 1. The van der Waals surface area contributed by atoms with Crippen LogP contribution in [0.5, 0.6) is 0 Å². The Balaban J connectivity index is 2.48. The number of rotatable bonds is 3. The number of amides is 1. The Morgan fingerprint density at radius 2 is 1.92 bits per heavy atom. The Morgan fingerprint density at radius 3 is 2.42 bits per heavy atom. The number of fused-ring (bicyclic) bond motifs is 1. The SMILES string of the molecule is CC(=O)OCC1=C(C(=O)OC(C)(C)C)N2C(=O)[C@H](O)[C@H]2S(=O)(=O)C1. The van der Waals surface area contributed by atoms with Gasteiger partial charge in [0.05, 0.1) is 5.75 Å². The number of aliphatic hydroxyl groups excluding tert-OH is 1. The molecule has 1 N–H and O–H groups in total. The molecule has 0 spiro atoms. The normalized spacial score (nSPS) is 25.7. The molecule has 1 fully saturated rings. The average molecular weight is 361 g/mol. The van der Waals surface area contributed by atoms with Gasteiger partial charge in [0.2, 0.25) is 0 Å². The summed E-state index contributed by atoms with van der Waals surface area (Å²) in [5.74, 6) is -3.10. The van der Waals surface area contributed by atoms with E-state index in [9.17, 15) is 27.9 Å². The van der Waals surface area contributed by atoms with Gasteiger partial charge in [-0.1, -0.05) is 0 Å². The lowest BCUT2D eigenvalue weighted by Crippen LogP contribution is -2.70. The number of hydrogen-bond donors (Lipinski definition) is 1. The molecule has 24 heavy (non-hydrogen) atoms. The molecule has 0 unspecified atom stereocenters. The summed E-state index contributed by atoms with van der Waals surface area (Å²) < 4.78 is 34.5. The van der Waals surface area contributed by atoms with Crippen LogP contribution < -0.4 is 0 Å². The molecule has 1 amide bonds. The topological polar surface area (TPSA) is 127 Å². The molecule has 1 saturated heterocycles. The maximum Gasteiger partial charge on any atom is 0.355 e. The van der Waals surface area contributed by atoms with Crippen LogP contribution in [0.2, 0.25) is 0 Å². The molecule has 0 saturated carbocycles. The highest BCUT2D eigenvalue weighted by Gasteiger charge is 2.60. The van der Waals surface area contributed by atoms with Crippen molar-refractivity contribution < 1.29 is 37.4 Å². The summed E-state index contributed by atoms with van der Waals surface area (Å²) in [6, 6.07) is 0. The highest BCUT2D eigenvalue weighted by molar-refractivity contribution is 7.92. The third-order valence-electron chi connectivity index (χ3n) is 3.38. The fourth-order valence-corrected chi connectivity index (χ4v) is 4.39. The number of ether oxygens (including phenoxy) is 2. The molecular formula is C14H19NO8S. The molecule has 9 nitrogen and oxygen atoms in total. The van der Waals surface area contributed by atoms with Crippen LogP contribution in [0.3, 0.4) is 0 Å². The first kappa shape index (κ1) is 18.4. The first-order valence-corrected chi connectivity index (χ1v) is 8.88. The highest BCUT2D eigenvalue weighted by atomic mass is 32.2. The molecule has 2 aliphatic heterocycles. The van der Waals surface area contributed by atoms with Crippen molar-refractivity contribution in [3.8, 4) is 0 Å². The summed E-state index contributed by atoms with van der Waals surface area (Å²) in [6.45, 7) is 5.51. The number of esters is 2. The van der Waals surface area contributed by atoms with Crippen molar-refractivity contribution in [3.05, 3.63) is 11.3 Å². The van der Waals surface area contributed by atoms with Crippen LogP contribution in [0.4, 0.5) is 0 Å². The lowest BCUT2D eigenvalue weighted by atomic mass is 10.1. The van der Waals surface area contributed by atoms with Crippen molar-refractivity contribution in [2.24, 2.45) is 0 Å². The molecule has 0 aromatic carbocycles. The maximum absolute atomic E-state index is 12.4. The van der Waals surface area contributed by atoms with Gasteiger partial charge in [-0.2, -0.15) is 0 Å². The fraction of sp³-hybridized carbons (Fsp3) is 0.643. The van der Waals surface area contributed by atoms with Crippen molar-refractivity contribution in [1.29, 1.82) is 0 Å². The molecule has 134 valence electrons. The van der Waals surface area contributed by atoms with E-state index in [1.807, 2.05) is 0 Å². The molecule has 2 heterocycles. The van der Waals surface area contributed by atoms with Crippen LogP contribution >= 0.6 is 0 Å². The quantitative estimate of drug-likeness (QED) is 0.506. The Labute approximate surface area is 139 Å². The van der Waals surface area contributed by atoms with E-state index in [-0.39, 0.29) is 11.3 Å². The first-order chi connectivity index (χ1) is 10.8. The lowest BCUT2D eigenvalue weighted by Gasteiger charge is -2.47. The third-order valence-corrected chi connectivity index (χ3v) is 5.33. The number of carbonyl (C=O) groups is 3. The molecule has 0 aromatic heterocycles. The predicted octanol–water partition coefficient (Wildman–Crippen LogP) is -0.897. The van der Waals surface area contributed by atoms with Crippen LogP contribution in [-0.2, 0) is 33.7 Å². The van der Waals surface area contributed by atoms with Gasteiger partial charge in [0.15, 0.2) is 21.3 Å². The second-order valence-electron chi connectivity index (χ2n) is 6.59. The molecule has 10 heteroatoms. The maximum atomic E-state index is 12.4. The minimum Gasteiger partial charge on any atom is -0.461 e. The molecule has 0 aromatic rings. The molecule has 2 atom stereocenters. The van der Waals surface area contributed by atoms with Crippen molar-refractivity contribution in [2.75, 3.05) is 12.4 Å². The van der Waals surface area contributed by atoms with E-state index < -0.39 is 57.1 Å². The van der Waals surface area contributed by atoms with Crippen molar-refractivity contribution in [3.63, 3.8) is 0 Å². The van der Waals surface area contributed by atoms with Gasteiger partial charge in [-0.3, -0.25) is 14.5 Å². The number of aliphatic hydroxyl groups is 1. The highest BCUT2D eigenvalue weighted by Crippen LogP contribution is 2.37. The standard InChI is InChI=1S/C14H19NO8S/c1-7(16)22-5-8-6-24(20,21)12-10(17)11(18)15(12)9(8)13(19)23-14(2,3)4/h10,12,17H,5-6H2,1-4H3/t10-,12+/m0/s1. The summed E-state index contributed by atoms with van der Waals surface area (Å²) in [7, 11) is -3.91. The van der Waals surface area contributed by atoms with Crippen LogP contribution in [0.15, 0.2) is 11.3 Å². The van der Waals surface area contributed by atoms with Crippen LogP contribution in [0.25, 0.3) is 0 Å². The van der Waals surface area contributed by atoms with E-state index in [1.165, 1.54) is 0 Å². The van der Waals surface area contributed by atoms with Crippen molar-refractivity contribution >= 4 is 27.7 Å². The van der Waals surface area contributed by atoms with Crippen molar-refractivity contribution in [1.82, 2.24) is 4.90 Å². The van der Waals surface area contributed by atoms with Gasteiger partial charge in [-0.05, 0) is 20.8 Å². The largest absolute Gasteiger partial charge is 0.461 e. The van der Waals surface area contributed by atoms with Gasteiger partial charge in [0.25, 0.3) is 5.91 Å². The minimum atomic E-state index is -3.91. The first-order valence-electron chi connectivity index (χ1n) is 7.16. The molecule has 0 bridgehead atoms. The van der Waals surface area contributed by atoms with E-state index in [0.29, 0.717) is 4.90 Å². The second kappa shape index (κ2) is 5.85. The zero-order valence-electron chi connectivity index (χ0n) is 13.7. The average Bonchev–Trinajstić information content (AvgIpc) is 2.40. The lowest BCUT2D eigenvalue weighted by molar-refractivity contribution is -0.165. The second-order valence-corrected chi connectivity index (χ2v) is 8.68. The molecule has 2 rings (SSSR count). The summed E-state index contributed by atoms with van der Waals surface area (Å²) >= 11 is 0. The zero-order chi connectivity index (χ0) is 18.4. The van der Waals surface area contributed by atoms with Crippen LogP contribution in [0.1, 0.15) is 27.7 Å². The van der Waals surface area contributed by atoms with E-state index in [2.05, 4.69) is 0 Å². The smallest absolute Gasteiger partial charge is 0.355 e. The van der Waals surface area contributed by atoms with Crippen LogP contribution in [0, 0.1) is 0 Å². The zero-order valence-corrected chi connectivity index (χ0v) is 14.5. The van der Waals surface area contributed by atoms with Gasteiger partial charge in [0, 0.05) is 12.5 Å². The Hall–Kier alpha value is -1.94. The number of hydrogen-bond acceptors (Lipinski definition) is 8. The molecule has 2 aliphatic rings. The third kappa shape index (κ3) is 3.29. The summed E-state index contributed by atoms with van der Waals surface area (Å²) in [4.78, 5) is 36.0. The van der Waals surface area contributed by atoms with E-state index >= 15 is 0 Å². The van der Waals surface area contributed by atoms with Gasteiger partial charge in [-0.15, -0.1) is 0 Å². The van der Waals surface area contributed by atoms with Crippen molar-refractivity contribution in [2.45, 2.75) is 44.8 Å². The summed E-state index contributed by atoms with van der Waals surface area (Å²) in [6.07, 6.45) is -1.72. The summed E-state index contributed by atoms with van der Waals surface area (Å²) in [5.41, 5.74) is -1.23. The monoisotopic (exact) mass is 361 g/mol. The van der Waals surface area contributed by atoms with Gasteiger partial charge < -0.3 is 14.6 Å². The Bertz CT molecular complexity index is 730. The van der Waals surface area contributed by atoms with E-state index in [0.717, 1.165) is 6.92 Å². The Kier molecular flexibility index (Phi) is 4.49. The van der Waals surface area contributed by atoms with Gasteiger partial charge >= 0.3 is 11.9 Å². The van der Waals surface area contributed by atoms with Crippen LogP contribution in [-0.4, -0.2) is 65.7 Å². The number of β-lactam (4-membered cyclic amide) rings is 1. The Morgan fingerprint density at radius 1 is 1.33 bits per heavy atom. The number of carbonyl (C=O) groups excluding carboxylic acids is 3. The predicted molar refractivity (Wildman–Crippen MR) is 79.9 cm³/mol.